The molecule has 51 heavy (non-hydrogen) atoms. The number of nitrogens with zero attached hydrogens (tertiary/aromatic N) is 2. The molecule has 0 aromatic rings. The highest BCUT2D eigenvalue weighted by atomic mass is 16.2. The van der Waals surface area contributed by atoms with Crippen LogP contribution >= 0.6 is 0 Å². The fourth-order valence-corrected chi connectivity index (χ4v) is 7.53. The van der Waals surface area contributed by atoms with Crippen molar-refractivity contribution in [2.24, 2.45) is 23.2 Å². The van der Waals surface area contributed by atoms with Gasteiger partial charge in [-0.15, -0.1) is 6.58 Å². The molecule has 4 N–H and O–H groups in total. The number of ketones is 1. The molecule has 0 aromatic heterocycles. The molecular formula is C38H62N6O7. The van der Waals surface area contributed by atoms with Crippen molar-refractivity contribution in [3.8, 4) is 0 Å². The number of carbonyl (C=O) groups excluding carboxylic acids is 7. The smallest absolute Gasteiger partial charge is 0.315 e. The molecule has 5 atom stereocenters. The molecule has 2 saturated heterocycles. The zero-order valence-corrected chi connectivity index (χ0v) is 31.7. The number of piperidine rings is 1. The van der Waals surface area contributed by atoms with E-state index < -0.39 is 53.2 Å². The Morgan fingerprint density at radius 3 is 2.14 bits per heavy atom. The van der Waals surface area contributed by atoms with E-state index in [1.54, 1.807) is 4.90 Å². The molecular weight excluding hydrogens is 652 g/mol. The van der Waals surface area contributed by atoms with Gasteiger partial charge in [0.2, 0.25) is 29.4 Å². The van der Waals surface area contributed by atoms with Crippen LogP contribution in [-0.4, -0.2) is 95.0 Å². The van der Waals surface area contributed by atoms with E-state index in [2.05, 4.69) is 27.8 Å². The van der Waals surface area contributed by atoms with Gasteiger partial charge < -0.3 is 26.2 Å². The minimum absolute atomic E-state index is 0.0323. The largest absolute Gasteiger partial charge is 0.346 e. The Hall–Kier alpha value is -3.77. The summed E-state index contributed by atoms with van der Waals surface area (Å²) in [5.74, 6) is -3.20. The van der Waals surface area contributed by atoms with E-state index in [0.717, 1.165) is 38.5 Å². The quantitative estimate of drug-likeness (QED) is 0.107. The fourth-order valence-electron chi connectivity index (χ4n) is 7.53. The van der Waals surface area contributed by atoms with Gasteiger partial charge in [0.15, 0.2) is 0 Å². The number of rotatable bonds is 16. The third kappa shape index (κ3) is 11.4. The highest BCUT2D eigenvalue weighted by Crippen LogP contribution is 2.34. The summed E-state index contributed by atoms with van der Waals surface area (Å²) in [5.41, 5.74) is -0.517. The molecule has 13 heteroatoms. The molecule has 3 fully saturated rings. The Morgan fingerprint density at radius 2 is 1.57 bits per heavy atom. The predicted octanol–water partition coefficient (Wildman–Crippen LogP) is 3.61. The monoisotopic (exact) mass is 714 g/mol. The molecule has 3 aliphatic rings. The normalized spacial score (nSPS) is 21.9. The number of amides is 7. The lowest BCUT2D eigenvalue weighted by molar-refractivity contribution is -0.148. The van der Waals surface area contributed by atoms with Crippen LogP contribution in [0.25, 0.3) is 0 Å². The standard InChI is InChI=1S/C38H62N6O7/c1-8-10-17-27(33(47)35(49)39-21-9-2)40-34(48)32-26(24(3)4)20-22-43(32)36(50)31(25-15-12-11-13-16-25)42-37(51)41-28(38(5,6)7)23-44-29(45)18-14-19-30(44)46/h9,24-28,31-32H,2,8,10-23H2,1,3-7H3,(H,39,49)(H,40,48)(H2,41,42,51)/t26-,27?,28-,31+,32+/m1/s1. The van der Waals surface area contributed by atoms with Gasteiger partial charge in [0.25, 0.3) is 5.91 Å². The summed E-state index contributed by atoms with van der Waals surface area (Å²) in [6.45, 7) is 15.7. The van der Waals surface area contributed by atoms with Gasteiger partial charge >= 0.3 is 6.03 Å². The zero-order valence-electron chi connectivity index (χ0n) is 31.7. The number of Topliss-reactive ketones (excluding diaryl/α,β-unsaturated/α-hetero) is 1. The molecule has 7 amide bonds. The first kappa shape index (κ1) is 41.6. The van der Waals surface area contributed by atoms with Crippen LogP contribution in [0.4, 0.5) is 4.79 Å². The van der Waals surface area contributed by atoms with Gasteiger partial charge in [-0.3, -0.25) is 33.7 Å². The Balaban J connectivity index is 1.87. The third-order valence-electron chi connectivity index (χ3n) is 10.7. The average Bonchev–Trinajstić information content (AvgIpc) is 3.54. The Bertz CT molecular complexity index is 1270. The zero-order chi connectivity index (χ0) is 37.9. The van der Waals surface area contributed by atoms with Crippen molar-refractivity contribution in [1.29, 1.82) is 0 Å². The van der Waals surface area contributed by atoms with Crippen LogP contribution < -0.4 is 21.3 Å². The van der Waals surface area contributed by atoms with Gasteiger partial charge in [-0.1, -0.05) is 79.7 Å². The van der Waals surface area contributed by atoms with Crippen LogP contribution in [0.2, 0.25) is 0 Å². The Kier molecular flexibility index (Phi) is 15.7. The summed E-state index contributed by atoms with van der Waals surface area (Å²) in [5, 5.41) is 11.3. The van der Waals surface area contributed by atoms with Crippen LogP contribution in [0, 0.1) is 23.2 Å². The molecule has 13 nitrogen and oxygen atoms in total. The lowest BCUT2D eigenvalue weighted by Crippen LogP contribution is -2.62. The molecule has 286 valence electrons. The van der Waals surface area contributed by atoms with Crippen molar-refractivity contribution in [3.05, 3.63) is 12.7 Å². The fraction of sp³-hybridized carbons (Fsp3) is 0.763. The molecule has 2 aliphatic heterocycles. The summed E-state index contributed by atoms with van der Waals surface area (Å²) in [6.07, 6.45) is 9.11. The van der Waals surface area contributed by atoms with E-state index in [1.165, 1.54) is 11.0 Å². The van der Waals surface area contributed by atoms with E-state index in [0.29, 0.717) is 25.8 Å². The molecule has 0 bridgehead atoms. The minimum atomic E-state index is -1.04. The summed E-state index contributed by atoms with van der Waals surface area (Å²) in [7, 11) is 0. The van der Waals surface area contributed by atoms with Crippen LogP contribution in [0.3, 0.4) is 0 Å². The van der Waals surface area contributed by atoms with E-state index >= 15 is 0 Å². The van der Waals surface area contributed by atoms with Crippen molar-refractivity contribution >= 4 is 41.4 Å². The second-order valence-corrected chi connectivity index (χ2v) is 15.9. The first-order valence-corrected chi connectivity index (χ1v) is 19.0. The van der Waals surface area contributed by atoms with Gasteiger partial charge in [-0.05, 0) is 55.3 Å². The average molecular weight is 715 g/mol. The molecule has 1 saturated carbocycles. The molecule has 1 unspecified atom stereocenters. The SMILES string of the molecule is C=CCNC(=O)C(=O)C(CCCC)NC(=O)[C@@H]1[C@@H](C(C)C)CCN1C(=O)[C@@H](NC(=O)N[C@H](CN1C(=O)CCCC1=O)C(C)(C)C)C1CCCCC1. The number of hydrogen-bond acceptors (Lipinski definition) is 7. The minimum Gasteiger partial charge on any atom is -0.346 e. The number of unbranched alkanes of at least 4 members (excludes halogenated alkanes) is 1. The second-order valence-electron chi connectivity index (χ2n) is 15.9. The van der Waals surface area contributed by atoms with Crippen molar-refractivity contribution in [2.75, 3.05) is 19.6 Å². The van der Waals surface area contributed by atoms with E-state index in [-0.39, 0.29) is 67.8 Å². The summed E-state index contributed by atoms with van der Waals surface area (Å²) in [4.78, 5) is 96.3. The maximum Gasteiger partial charge on any atom is 0.315 e. The molecule has 0 aromatic carbocycles. The van der Waals surface area contributed by atoms with Crippen molar-refractivity contribution in [2.45, 2.75) is 143 Å². The molecule has 2 heterocycles. The Labute approximate surface area is 303 Å². The first-order valence-electron chi connectivity index (χ1n) is 19.0. The van der Waals surface area contributed by atoms with Crippen molar-refractivity contribution < 1.29 is 33.6 Å². The van der Waals surface area contributed by atoms with Crippen LogP contribution in [-0.2, 0) is 28.8 Å². The summed E-state index contributed by atoms with van der Waals surface area (Å²) in [6, 6.07) is -4.00. The van der Waals surface area contributed by atoms with Crippen molar-refractivity contribution in [1.82, 2.24) is 31.1 Å². The number of hydrogen-bond donors (Lipinski definition) is 4. The van der Waals surface area contributed by atoms with Gasteiger partial charge in [0.05, 0.1) is 12.1 Å². The maximum atomic E-state index is 14.6. The topological polar surface area (TPSA) is 174 Å². The van der Waals surface area contributed by atoms with Gasteiger partial charge in [0, 0.05) is 32.5 Å². The van der Waals surface area contributed by atoms with E-state index in [1.807, 2.05) is 41.5 Å². The van der Waals surface area contributed by atoms with E-state index in [4.69, 9.17) is 0 Å². The summed E-state index contributed by atoms with van der Waals surface area (Å²) >= 11 is 0. The molecule has 0 spiro atoms. The number of likely N-dealkylation sites (tertiary alicyclic amines) is 2. The Morgan fingerprint density at radius 1 is 0.922 bits per heavy atom. The summed E-state index contributed by atoms with van der Waals surface area (Å²) < 4.78 is 0. The molecule has 0 radical (unpaired) electrons. The van der Waals surface area contributed by atoms with Crippen molar-refractivity contribution in [3.63, 3.8) is 0 Å². The first-order chi connectivity index (χ1) is 24.1. The highest BCUT2D eigenvalue weighted by molar-refractivity contribution is 6.38. The van der Waals surface area contributed by atoms with Crippen LogP contribution in [0.1, 0.15) is 119 Å². The van der Waals surface area contributed by atoms with E-state index in [9.17, 15) is 33.6 Å². The maximum absolute atomic E-state index is 14.6. The lowest BCUT2D eigenvalue weighted by atomic mass is 9.82. The lowest BCUT2D eigenvalue weighted by Gasteiger charge is -2.38. The van der Waals surface area contributed by atoms with Crippen LogP contribution in [0.5, 0.6) is 0 Å². The molecule has 1 aliphatic carbocycles. The highest BCUT2D eigenvalue weighted by Gasteiger charge is 2.47. The van der Waals surface area contributed by atoms with Gasteiger partial charge in [-0.25, -0.2) is 4.79 Å². The number of urea groups is 1. The number of imide groups is 1. The van der Waals surface area contributed by atoms with Gasteiger partial charge in [-0.2, -0.15) is 0 Å². The third-order valence-corrected chi connectivity index (χ3v) is 10.7. The molecule has 3 rings (SSSR count). The number of nitrogens with one attached hydrogen (secondary N) is 4. The number of carbonyl (C=O) groups is 7. The van der Waals surface area contributed by atoms with Crippen LogP contribution in [0.15, 0.2) is 12.7 Å². The second kappa shape index (κ2) is 19.2. The van der Waals surface area contributed by atoms with Gasteiger partial charge in [0.1, 0.15) is 12.1 Å². The predicted molar refractivity (Wildman–Crippen MR) is 194 cm³/mol.